The van der Waals surface area contributed by atoms with Crippen molar-refractivity contribution in [2.75, 3.05) is 31.3 Å². The summed E-state index contributed by atoms with van der Waals surface area (Å²) in [7, 11) is 4.02. The Morgan fingerprint density at radius 2 is 1.97 bits per heavy atom. The number of nitrogens with one attached hydrogen (secondary N) is 2. The molecule has 2 N–H and O–H groups in total. The smallest absolute Gasteiger partial charge is 0.349 e. The van der Waals surface area contributed by atoms with Gasteiger partial charge in [0.1, 0.15) is 0 Å². The molecule has 2 aromatic heterocycles. The summed E-state index contributed by atoms with van der Waals surface area (Å²) in [5.74, 6) is 0.328. The van der Waals surface area contributed by atoms with Crippen LogP contribution in [0.2, 0.25) is 0 Å². The van der Waals surface area contributed by atoms with Gasteiger partial charge in [0.15, 0.2) is 0 Å². The summed E-state index contributed by atoms with van der Waals surface area (Å²) < 4.78 is 39.6. The van der Waals surface area contributed by atoms with Crippen molar-refractivity contribution in [2.24, 2.45) is 0 Å². The van der Waals surface area contributed by atoms with Gasteiger partial charge >= 0.3 is 6.18 Å². The Morgan fingerprint density at radius 1 is 1.16 bits per heavy atom. The van der Waals surface area contributed by atoms with Crippen LogP contribution in [-0.2, 0) is 19.0 Å². The van der Waals surface area contributed by atoms with E-state index >= 15 is 0 Å². The van der Waals surface area contributed by atoms with Gasteiger partial charge in [0, 0.05) is 42.2 Å². The van der Waals surface area contributed by atoms with E-state index in [1.807, 2.05) is 26.4 Å². The van der Waals surface area contributed by atoms with Gasteiger partial charge in [0.25, 0.3) is 0 Å². The van der Waals surface area contributed by atoms with Gasteiger partial charge in [-0.3, -0.25) is 4.98 Å². The van der Waals surface area contributed by atoms with E-state index < -0.39 is 11.7 Å². The normalized spacial score (nSPS) is 13.2. The van der Waals surface area contributed by atoms with Crippen LogP contribution in [0.4, 0.5) is 30.5 Å². The van der Waals surface area contributed by atoms with E-state index in [4.69, 9.17) is 12.2 Å². The van der Waals surface area contributed by atoms with Gasteiger partial charge in [0.2, 0.25) is 5.95 Å². The fourth-order valence-corrected chi connectivity index (χ4v) is 3.67. The summed E-state index contributed by atoms with van der Waals surface area (Å²) in [5.41, 5.74) is 3.15. The molecule has 4 rings (SSSR count). The first-order chi connectivity index (χ1) is 15.2. The van der Waals surface area contributed by atoms with Gasteiger partial charge in [-0.25, -0.2) is 9.97 Å². The molecule has 0 radical (unpaired) electrons. The highest BCUT2D eigenvalue weighted by molar-refractivity contribution is 7.80. The molecule has 166 valence electrons. The molecule has 6 nitrogen and oxygen atoms in total. The summed E-state index contributed by atoms with van der Waals surface area (Å²) in [6, 6.07) is 5.50. The summed E-state index contributed by atoms with van der Waals surface area (Å²) >= 11 is 5.30. The monoisotopic (exact) mass is 458 g/mol. The predicted octanol–water partition coefficient (Wildman–Crippen LogP) is 4.70. The number of hydrogen-bond acceptors (Lipinski definition) is 6. The van der Waals surface area contributed by atoms with Gasteiger partial charge in [-0.1, -0.05) is 18.3 Å². The Labute approximate surface area is 188 Å². The second kappa shape index (κ2) is 8.79. The van der Waals surface area contributed by atoms with Crippen molar-refractivity contribution in [1.29, 1.82) is 0 Å². The lowest BCUT2D eigenvalue weighted by Gasteiger charge is -2.14. The number of nitrogens with zero attached hydrogens (tertiary/aromatic N) is 4. The van der Waals surface area contributed by atoms with Crippen molar-refractivity contribution in [1.82, 2.24) is 19.9 Å². The molecule has 0 saturated carbocycles. The zero-order valence-corrected chi connectivity index (χ0v) is 18.3. The number of pyridine rings is 1. The maximum Gasteiger partial charge on any atom is 0.416 e. The fourth-order valence-electron chi connectivity index (χ4n) is 3.40. The molecule has 0 amide bonds. The van der Waals surface area contributed by atoms with Crippen molar-refractivity contribution >= 4 is 34.5 Å². The maximum absolute atomic E-state index is 13.2. The number of benzene rings is 1. The molecule has 0 spiro atoms. The number of anilines is 3. The minimum absolute atomic E-state index is 0.278. The molecule has 3 heterocycles. The van der Waals surface area contributed by atoms with Gasteiger partial charge in [-0.15, -0.1) is 0 Å². The van der Waals surface area contributed by atoms with Crippen LogP contribution in [0.1, 0.15) is 16.7 Å². The highest BCUT2D eigenvalue weighted by Crippen LogP contribution is 2.38. The van der Waals surface area contributed by atoms with Crippen molar-refractivity contribution in [3.8, 4) is 11.3 Å². The van der Waals surface area contributed by atoms with E-state index in [9.17, 15) is 13.2 Å². The number of fused-ring (bicyclic) bond motifs is 3. The number of aromatic nitrogens is 3. The number of likely N-dealkylation sites (N-methyl/N-ethyl adjacent to an activating group) is 1. The first-order valence-corrected chi connectivity index (χ1v) is 10.3. The molecule has 1 aliphatic rings. The molecule has 0 fully saturated rings. The molecule has 0 aliphatic carbocycles. The van der Waals surface area contributed by atoms with Gasteiger partial charge in [0.05, 0.1) is 28.1 Å². The third-order valence-electron chi connectivity index (χ3n) is 4.99. The van der Waals surface area contributed by atoms with Crippen molar-refractivity contribution in [3.63, 3.8) is 0 Å². The third-order valence-corrected chi connectivity index (χ3v) is 5.24. The summed E-state index contributed by atoms with van der Waals surface area (Å²) in [6.45, 7) is 0.893. The molecule has 0 unspecified atom stereocenters. The van der Waals surface area contributed by atoms with E-state index in [0.717, 1.165) is 41.9 Å². The zero-order chi connectivity index (χ0) is 22.9. The maximum atomic E-state index is 13.2. The summed E-state index contributed by atoms with van der Waals surface area (Å²) in [4.78, 5) is 15.7. The van der Waals surface area contributed by atoms with Crippen LogP contribution < -0.4 is 10.6 Å². The number of halogens is 3. The molecule has 0 saturated heterocycles. The van der Waals surface area contributed by atoms with Crippen LogP contribution in [0.15, 0.2) is 42.9 Å². The molecule has 1 aliphatic heterocycles. The summed E-state index contributed by atoms with van der Waals surface area (Å²) in [5, 5.41) is 6.06. The van der Waals surface area contributed by atoms with Crippen molar-refractivity contribution in [2.45, 2.75) is 19.0 Å². The number of rotatable bonds is 5. The molecule has 32 heavy (non-hydrogen) atoms. The average Bonchev–Trinajstić information content (AvgIpc) is 2.86. The second-order valence-electron chi connectivity index (χ2n) is 7.81. The quantitative estimate of drug-likeness (QED) is 0.537. The first kappa shape index (κ1) is 22.1. The predicted molar refractivity (Wildman–Crippen MR) is 122 cm³/mol. The topological polar surface area (TPSA) is 66.0 Å². The van der Waals surface area contributed by atoms with Crippen LogP contribution in [0.3, 0.4) is 0 Å². The molecule has 0 bridgehead atoms. The first-order valence-electron chi connectivity index (χ1n) is 9.92. The molecule has 10 heteroatoms. The van der Waals surface area contributed by atoms with Crippen LogP contribution in [0.25, 0.3) is 11.3 Å². The van der Waals surface area contributed by atoms with Gasteiger partial charge < -0.3 is 15.5 Å². The number of hydrogen-bond donors (Lipinski definition) is 2. The van der Waals surface area contributed by atoms with Crippen LogP contribution in [0.5, 0.6) is 0 Å². The summed E-state index contributed by atoms with van der Waals surface area (Å²) in [6.07, 6.45) is 1.87. The lowest BCUT2D eigenvalue weighted by Crippen LogP contribution is -2.15. The zero-order valence-electron chi connectivity index (χ0n) is 17.5. The standard InChI is InChI=1S/C22H21F3N6S/c1-31(2)6-5-13-7-16(12-26-10-13)28-21-27-11-14-8-19(32)29-18-9-15(22(23,24)25)3-4-17(18)20(14)30-21/h3-4,7,9-12H,5-6,8H2,1-2H3,(H,29,32)(H,27,28,30). The highest BCUT2D eigenvalue weighted by atomic mass is 32.1. The van der Waals surface area contributed by atoms with Crippen LogP contribution >= 0.6 is 12.2 Å². The Morgan fingerprint density at radius 3 is 2.72 bits per heavy atom. The lowest BCUT2D eigenvalue weighted by molar-refractivity contribution is -0.137. The van der Waals surface area contributed by atoms with Crippen LogP contribution in [0, 0.1) is 0 Å². The minimum Gasteiger partial charge on any atom is -0.349 e. The van der Waals surface area contributed by atoms with Gasteiger partial charge in [-0.2, -0.15) is 13.2 Å². The Bertz CT molecular complexity index is 1160. The molecular weight excluding hydrogens is 437 g/mol. The Balaban J connectivity index is 1.67. The largest absolute Gasteiger partial charge is 0.416 e. The van der Waals surface area contributed by atoms with Crippen LogP contribution in [-0.4, -0.2) is 45.5 Å². The lowest BCUT2D eigenvalue weighted by atomic mass is 10.0. The molecule has 1 aromatic carbocycles. The SMILES string of the molecule is CN(C)CCc1cncc(Nc2ncc3c(n2)-c2ccc(C(F)(F)F)cc2NC(=S)C3)c1. The molecule has 0 atom stereocenters. The minimum atomic E-state index is -4.45. The number of thiocarbonyl (C=S) groups is 1. The van der Waals surface area contributed by atoms with Crippen molar-refractivity contribution in [3.05, 3.63) is 59.5 Å². The van der Waals surface area contributed by atoms with E-state index in [0.29, 0.717) is 28.6 Å². The van der Waals surface area contributed by atoms with Crippen molar-refractivity contribution < 1.29 is 13.2 Å². The third kappa shape index (κ3) is 5.03. The Hall–Kier alpha value is -3.11. The van der Waals surface area contributed by atoms with E-state index in [1.54, 1.807) is 12.4 Å². The second-order valence-corrected chi connectivity index (χ2v) is 8.30. The number of alkyl halides is 3. The van der Waals surface area contributed by atoms with E-state index in [1.165, 1.54) is 6.07 Å². The average molecular weight is 459 g/mol. The van der Waals surface area contributed by atoms with Gasteiger partial charge in [-0.05, 0) is 44.3 Å². The molecule has 3 aromatic rings. The highest BCUT2D eigenvalue weighted by Gasteiger charge is 2.32. The Kier molecular flexibility index (Phi) is 6.07. The fraction of sp³-hybridized carbons (Fsp3) is 0.273. The van der Waals surface area contributed by atoms with E-state index in [-0.39, 0.29) is 5.69 Å². The van der Waals surface area contributed by atoms with E-state index in [2.05, 4.69) is 30.5 Å². The molecular formula is C22H21F3N6S.